The van der Waals surface area contributed by atoms with E-state index in [0.29, 0.717) is 11.3 Å². The molecular formula is C11H21N3S3. The van der Waals surface area contributed by atoms with Crippen molar-refractivity contribution in [2.45, 2.75) is 25.1 Å². The van der Waals surface area contributed by atoms with Gasteiger partial charge < -0.3 is 4.90 Å². The second-order valence-electron chi connectivity index (χ2n) is 5.30. The fraction of sp³-hybridized carbons (Fsp3) is 0.818. The fourth-order valence-corrected chi connectivity index (χ4v) is 4.27. The highest BCUT2D eigenvalue weighted by Gasteiger charge is 2.23. The van der Waals surface area contributed by atoms with Crippen LogP contribution in [0.15, 0.2) is 4.34 Å². The van der Waals surface area contributed by atoms with Crippen molar-refractivity contribution in [1.29, 1.82) is 0 Å². The second kappa shape index (κ2) is 6.29. The molecule has 1 atom stereocenters. The van der Waals surface area contributed by atoms with E-state index in [1.807, 2.05) is 19.0 Å². The summed E-state index contributed by atoms with van der Waals surface area (Å²) in [5, 5.41) is 9.29. The van der Waals surface area contributed by atoms with Crippen LogP contribution in [0.1, 0.15) is 20.8 Å². The summed E-state index contributed by atoms with van der Waals surface area (Å²) in [4.78, 5) is 1.99. The largest absolute Gasteiger partial charge is 0.353 e. The number of rotatable bonds is 5. The molecule has 0 radical (unpaired) electrons. The SMILES string of the molecule is CN(C)c1nnc(SCC(CS)C(C)(C)C)s1. The lowest BCUT2D eigenvalue weighted by Gasteiger charge is -2.28. The van der Waals surface area contributed by atoms with Gasteiger partial charge in [-0.25, -0.2) is 0 Å². The van der Waals surface area contributed by atoms with Crippen molar-refractivity contribution in [3.05, 3.63) is 0 Å². The molecule has 1 aromatic rings. The summed E-state index contributed by atoms with van der Waals surface area (Å²) in [5.41, 5.74) is 0.295. The van der Waals surface area contributed by atoms with Crippen LogP contribution in [0.25, 0.3) is 0 Å². The van der Waals surface area contributed by atoms with Crippen molar-refractivity contribution in [3.8, 4) is 0 Å². The molecule has 6 heteroatoms. The first-order chi connectivity index (χ1) is 7.84. The third-order valence-electron chi connectivity index (χ3n) is 2.63. The molecule has 17 heavy (non-hydrogen) atoms. The maximum Gasteiger partial charge on any atom is 0.208 e. The molecule has 0 aromatic carbocycles. The number of nitrogens with zero attached hydrogens (tertiary/aromatic N) is 3. The number of thioether (sulfide) groups is 1. The first-order valence-electron chi connectivity index (χ1n) is 5.59. The molecule has 1 aromatic heterocycles. The zero-order chi connectivity index (χ0) is 13.1. The monoisotopic (exact) mass is 291 g/mol. The van der Waals surface area contributed by atoms with Crippen LogP contribution >= 0.6 is 35.7 Å². The van der Waals surface area contributed by atoms with Crippen LogP contribution in [-0.4, -0.2) is 35.8 Å². The van der Waals surface area contributed by atoms with Crippen LogP contribution in [0.5, 0.6) is 0 Å². The normalized spacial score (nSPS) is 13.8. The van der Waals surface area contributed by atoms with Gasteiger partial charge in [-0.2, -0.15) is 12.6 Å². The first kappa shape index (κ1) is 15.1. The molecule has 0 fully saturated rings. The highest BCUT2D eigenvalue weighted by molar-refractivity contribution is 8.01. The minimum atomic E-state index is 0.295. The summed E-state index contributed by atoms with van der Waals surface area (Å²) in [6.07, 6.45) is 0. The van der Waals surface area contributed by atoms with Crippen LogP contribution in [0, 0.1) is 11.3 Å². The number of hydrogen-bond donors (Lipinski definition) is 1. The average Bonchev–Trinajstić information content (AvgIpc) is 2.65. The maximum absolute atomic E-state index is 4.44. The van der Waals surface area contributed by atoms with Crippen LogP contribution in [0.4, 0.5) is 5.13 Å². The van der Waals surface area contributed by atoms with Gasteiger partial charge in [0.05, 0.1) is 0 Å². The summed E-state index contributed by atoms with van der Waals surface area (Å²) in [6.45, 7) is 6.79. The lowest BCUT2D eigenvalue weighted by molar-refractivity contribution is 0.294. The standard InChI is InChI=1S/C11H21N3S3/c1-11(2,3)8(6-15)7-16-10-13-12-9(17-10)14(4)5/h8,15H,6-7H2,1-5H3. The van der Waals surface area contributed by atoms with Crippen molar-refractivity contribution in [2.75, 3.05) is 30.5 Å². The molecule has 0 amide bonds. The number of anilines is 1. The maximum atomic E-state index is 4.44. The molecule has 0 aliphatic heterocycles. The van der Waals surface area contributed by atoms with Gasteiger partial charge in [0.25, 0.3) is 0 Å². The van der Waals surface area contributed by atoms with Gasteiger partial charge in [-0.05, 0) is 17.1 Å². The Labute approximate surface area is 118 Å². The molecule has 1 heterocycles. The van der Waals surface area contributed by atoms with Crippen LogP contribution in [0.2, 0.25) is 0 Å². The molecule has 98 valence electrons. The van der Waals surface area contributed by atoms with Crippen molar-refractivity contribution in [2.24, 2.45) is 11.3 Å². The summed E-state index contributed by atoms with van der Waals surface area (Å²) < 4.78 is 1.05. The third kappa shape index (κ3) is 4.67. The minimum Gasteiger partial charge on any atom is -0.353 e. The molecule has 1 rings (SSSR count). The van der Waals surface area contributed by atoms with E-state index in [9.17, 15) is 0 Å². The van der Waals surface area contributed by atoms with E-state index < -0.39 is 0 Å². The zero-order valence-electron chi connectivity index (χ0n) is 11.1. The van der Waals surface area contributed by atoms with E-state index in [2.05, 4.69) is 43.6 Å². The molecule has 0 saturated heterocycles. The van der Waals surface area contributed by atoms with Gasteiger partial charge in [0.1, 0.15) is 0 Å². The Morgan fingerprint density at radius 3 is 2.41 bits per heavy atom. The molecular weight excluding hydrogens is 270 g/mol. The molecule has 0 aliphatic rings. The minimum absolute atomic E-state index is 0.295. The third-order valence-corrected chi connectivity index (χ3v) is 5.46. The van der Waals surface area contributed by atoms with E-state index in [4.69, 9.17) is 0 Å². The zero-order valence-corrected chi connectivity index (χ0v) is 13.6. The Morgan fingerprint density at radius 2 is 2.00 bits per heavy atom. The second-order valence-corrected chi connectivity index (χ2v) is 7.89. The van der Waals surface area contributed by atoms with Gasteiger partial charge in [0.15, 0.2) is 4.34 Å². The summed E-state index contributed by atoms with van der Waals surface area (Å²) in [6, 6.07) is 0. The Kier molecular flexibility index (Phi) is 5.60. The predicted octanol–water partition coefficient (Wildman–Crippen LogP) is 3.29. The fourth-order valence-electron chi connectivity index (χ4n) is 1.19. The Hall–Kier alpha value is 0.0600. The van der Waals surface area contributed by atoms with E-state index in [-0.39, 0.29) is 0 Å². The lowest BCUT2D eigenvalue weighted by Crippen LogP contribution is -2.24. The number of aromatic nitrogens is 2. The van der Waals surface area contributed by atoms with Crippen molar-refractivity contribution >= 4 is 40.9 Å². The molecule has 1 unspecified atom stereocenters. The predicted molar refractivity (Wildman–Crippen MR) is 81.8 cm³/mol. The van der Waals surface area contributed by atoms with Crippen LogP contribution in [0.3, 0.4) is 0 Å². The molecule has 0 saturated carbocycles. The molecule has 3 nitrogen and oxygen atoms in total. The Balaban J connectivity index is 2.54. The summed E-state index contributed by atoms with van der Waals surface area (Å²) >= 11 is 7.87. The molecule has 0 spiro atoms. The summed E-state index contributed by atoms with van der Waals surface area (Å²) in [5.74, 6) is 2.55. The first-order valence-corrected chi connectivity index (χ1v) is 8.02. The van der Waals surface area contributed by atoms with Crippen LogP contribution < -0.4 is 4.90 Å². The van der Waals surface area contributed by atoms with Crippen LogP contribution in [-0.2, 0) is 0 Å². The lowest BCUT2D eigenvalue weighted by atomic mass is 9.83. The van der Waals surface area contributed by atoms with Gasteiger partial charge in [0.2, 0.25) is 5.13 Å². The van der Waals surface area contributed by atoms with Gasteiger partial charge in [-0.1, -0.05) is 43.9 Å². The molecule has 0 bridgehead atoms. The Morgan fingerprint density at radius 1 is 1.35 bits per heavy atom. The van der Waals surface area contributed by atoms with Crippen molar-refractivity contribution in [1.82, 2.24) is 10.2 Å². The van der Waals surface area contributed by atoms with E-state index in [1.54, 1.807) is 23.1 Å². The van der Waals surface area contributed by atoms with Gasteiger partial charge >= 0.3 is 0 Å². The van der Waals surface area contributed by atoms with E-state index >= 15 is 0 Å². The summed E-state index contributed by atoms with van der Waals surface area (Å²) in [7, 11) is 3.97. The smallest absolute Gasteiger partial charge is 0.208 e. The van der Waals surface area contributed by atoms with Crippen molar-refractivity contribution in [3.63, 3.8) is 0 Å². The average molecular weight is 292 g/mol. The van der Waals surface area contributed by atoms with Gasteiger partial charge in [-0.15, -0.1) is 10.2 Å². The number of hydrogen-bond acceptors (Lipinski definition) is 6. The topological polar surface area (TPSA) is 29.0 Å². The molecule has 0 aliphatic carbocycles. The quantitative estimate of drug-likeness (QED) is 0.666. The van der Waals surface area contributed by atoms with Gasteiger partial charge in [-0.3, -0.25) is 0 Å². The highest BCUT2D eigenvalue weighted by atomic mass is 32.2. The Bertz CT molecular complexity index is 344. The van der Waals surface area contributed by atoms with Gasteiger partial charge in [0, 0.05) is 19.8 Å². The number of thiol groups is 1. The van der Waals surface area contributed by atoms with Crippen molar-refractivity contribution < 1.29 is 0 Å². The van der Waals surface area contributed by atoms with E-state index in [1.165, 1.54) is 0 Å². The molecule has 0 N–H and O–H groups in total. The van der Waals surface area contributed by atoms with E-state index in [0.717, 1.165) is 21.0 Å². The highest BCUT2D eigenvalue weighted by Crippen LogP contribution is 2.34.